The van der Waals surface area contributed by atoms with Crippen LogP contribution in [0, 0.1) is 5.82 Å². The van der Waals surface area contributed by atoms with Gasteiger partial charge in [-0.2, -0.15) is 0 Å². The number of amides is 1. The third kappa shape index (κ3) is 4.63. The lowest BCUT2D eigenvalue weighted by Gasteiger charge is -2.26. The fraction of sp³-hybridized carbons (Fsp3) is 0.462. The number of hydrogen-bond acceptors (Lipinski definition) is 2. The van der Waals surface area contributed by atoms with Crippen LogP contribution < -0.4 is 11.1 Å². The van der Waals surface area contributed by atoms with Gasteiger partial charge in [-0.1, -0.05) is 26.0 Å². The second kappa shape index (κ2) is 6.71. The van der Waals surface area contributed by atoms with Gasteiger partial charge in [0, 0.05) is 12.0 Å². The van der Waals surface area contributed by atoms with Crippen LogP contribution >= 0.6 is 12.4 Å². The molecule has 0 aliphatic heterocycles. The van der Waals surface area contributed by atoms with Gasteiger partial charge in [-0.25, -0.2) is 4.39 Å². The number of nitrogens with one attached hydrogen (secondary N) is 1. The average Bonchev–Trinajstić information content (AvgIpc) is 2.26. The van der Waals surface area contributed by atoms with Crippen molar-refractivity contribution >= 4 is 18.3 Å². The molecular weight excluding hydrogens is 255 g/mol. The van der Waals surface area contributed by atoms with Crippen molar-refractivity contribution in [1.29, 1.82) is 0 Å². The van der Waals surface area contributed by atoms with Crippen molar-refractivity contribution in [2.75, 3.05) is 6.54 Å². The van der Waals surface area contributed by atoms with Crippen LogP contribution in [0.5, 0.6) is 0 Å². The Balaban J connectivity index is 0.00000289. The van der Waals surface area contributed by atoms with Gasteiger partial charge in [-0.3, -0.25) is 4.79 Å². The summed E-state index contributed by atoms with van der Waals surface area (Å²) < 4.78 is 13.1. The Morgan fingerprint density at radius 3 is 2.61 bits per heavy atom. The Morgan fingerprint density at radius 2 is 2.11 bits per heavy atom. The number of benzene rings is 1. The molecule has 0 unspecified atom stereocenters. The van der Waals surface area contributed by atoms with Gasteiger partial charge in [0.05, 0.1) is 6.04 Å². The van der Waals surface area contributed by atoms with Gasteiger partial charge < -0.3 is 11.1 Å². The molecule has 0 aliphatic carbocycles. The molecule has 1 amide bonds. The van der Waals surface area contributed by atoms with Crippen molar-refractivity contribution < 1.29 is 9.18 Å². The molecular formula is C13H20ClFN2O. The van der Waals surface area contributed by atoms with E-state index in [-0.39, 0.29) is 29.5 Å². The van der Waals surface area contributed by atoms with Crippen molar-refractivity contribution in [2.24, 2.45) is 5.73 Å². The van der Waals surface area contributed by atoms with Gasteiger partial charge in [0.2, 0.25) is 5.91 Å². The average molecular weight is 275 g/mol. The Hall–Kier alpha value is -1.13. The topological polar surface area (TPSA) is 55.1 Å². The van der Waals surface area contributed by atoms with Crippen LogP contribution in [0.4, 0.5) is 4.39 Å². The Labute approximate surface area is 113 Å². The van der Waals surface area contributed by atoms with E-state index in [1.807, 2.05) is 19.9 Å². The van der Waals surface area contributed by atoms with Crippen LogP contribution in [-0.2, 0) is 10.2 Å². The molecule has 0 bridgehead atoms. The molecule has 0 aliphatic rings. The standard InChI is InChI=1S/C13H19FN2O.ClH/c1-9(15)12(17)16-8-13(2,3)10-5-4-6-11(14)7-10;/h4-7,9H,8,15H2,1-3H3,(H,16,17);1H/t9-;/m1./s1. The number of carbonyl (C=O) groups excluding carboxylic acids is 1. The van der Waals surface area contributed by atoms with Crippen LogP contribution in [0.3, 0.4) is 0 Å². The van der Waals surface area contributed by atoms with Crippen molar-refractivity contribution in [2.45, 2.75) is 32.2 Å². The minimum Gasteiger partial charge on any atom is -0.354 e. The number of hydrogen-bond donors (Lipinski definition) is 2. The molecule has 0 fully saturated rings. The SMILES string of the molecule is C[C@@H](N)C(=O)NCC(C)(C)c1cccc(F)c1.Cl. The lowest BCUT2D eigenvalue weighted by molar-refractivity contribution is -0.122. The minimum atomic E-state index is -0.529. The third-order valence-corrected chi connectivity index (χ3v) is 2.72. The zero-order chi connectivity index (χ0) is 13.1. The third-order valence-electron chi connectivity index (χ3n) is 2.72. The zero-order valence-corrected chi connectivity index (χ0v) is 11.7. The normalized spacial score (nSPS) is 12.5. The highest BCUT2D eigenvalue weighted by Crippen LogP contribution is 2.22. The fourth-order valence-corrected chi connectivity index (χ4v) is 1.48. The fourth-order valence-electron chi connectivity index (χ4n) is 1.48. The summed E-state index contributed by atoms with van der Waals surface area (Å²) in [6.45, 7) is 5.95. The monoisotopic (exact) mass is 274 g/mol. The highest BCUT2D eigenvalue weighted by molar-refractivity contribution is 5.85. The van der Waals surface area contributed by atoms with E-state index in [9.17, 15) is 9.18 Å². The maximum Gasteiger partial charge on any atom is 0.236 e. The van der Waals surface area contributed by atoms with E-state index < -0.39 is 6.04 Å². The number of halogens is 2. The largest absolute Gasteiger partial charge is 0.354 e. The molecule has 3 nitrogen and oxygen atoms in total. The summed E-state index contributed by atoms with van der Waals surface area (Å²) >= 11 is 0. The predicted molar refractivity (Wildman–Crippen MR) is 73.3 cm³/mol. The molecule has 0 saturated heterocycles. The lowest BCUT2D eigenvalue weighted by atomic mass is 9.84. The van der Waals surface area contributed by atoms with E-state index in [4.69, 9.17) is 5.73 Å². The molecule has 18 heavy (non-hydrogen) atoms. The molecule has 1 rings (SSSR count). The minimum absolute atomic E-state index is 0. The molecule has 1 atom stereocenters. The highest BCUT2D eigenvalue weighted by atomic mass is 35.5. The van der Waals surface area contributed by atoms with Crippen LogP contribution in [0.15, 0.2) is 24.3 Å². The smallest absolute Gasteiger partial charge is 0.236 e. The number of rotatable bonds is 4. The molecule has 0 saturated carbocycles. The maximum atomic E-state index is 13.1. The van der Waals surface area contributed by atoms with Crippen LogP contribution in [0.1, 0.15) is 26.3 Å². The number of carbonyl (C=O) groups is 1. The summed E-state index contributed by atoms with van der Waals surface area (Å²) in [6.07, 6.45) is 0. The Bertz CT molecular complexity index is 408. The molecule has 0 spiro atoms. The van der Waals surface area contributed by atoms with Crippen molar-refractivity contribution in [3.63, 3.8) is 0 Å². The van der Waals surface area contributed by atoms with Crippen molar-refractivity contribution in [3.8, 4) is 0 Å². The second-order valence-electron chi connectivity index (χ2n) is 4.90. The summed E-state index contributed by atoms with van der Waals surface area (Å²) in [4.78, 5) is 11.4. The van der Waals surface area contributed by atoms with Crippen LogP contribution in [-0.4, -0.2) is 18.5 Å². The highest BCUT2D eigenvalue weighted by Gasteiger charge is 2.22. The summed E-state index contributed by atoms with van der Waals surface area (Å²) in [5.74, 6) is -0.469. The summed E-state index contributed by atoms with van der Waals surface area (Å²) in [7, 11) is 0. The van der Waals surface area contributed by atoms with Gasteiger partial charge >= 0.3 is 0 Å². The molecule has 0 aromatic heterocycles. The van der Waals surface area contributed by atoms with Crippen LogP contribution in [0.25, 0.3) is 0 Å². The maximum absolute atomic E-state index is 13.1. The first kappa shape index (κ1) is 16.9. The van der Waals surface area contributed by atoms with Gasteiger partial charge in [0.15, 0.2) is 0 Å². The van der Waals surface area contributed by atoms with E-state index >= 15 is 0 Å². The molecule has 0 radical (unpaired) electrons. The first-order chi connectivity index (χ1) is 7.83. The van der Waals surface area contributed by atoms with Gasteiger partial charge in [0.1, 0.15) is 5.82 Å². The van der Waals surface area contributed by atoms with E-state index in [0.29, 0.717) is 6.54 Å². The number of nitrogens with two attached hydrogens (primary N) is 1. The Morgan fingerprint density at radius 1 is 1.50 bits per heavy atom. The van der Waals surface area contributed by atoms with Gasteiger partial charge in [-0.05, 0) is 24.6 Å². The zero-order valence-electron chi connectivity index (χ0n) is 10.9. The quantitative estimate of drug-likeness (QED) is 0.882. The second-order valence-corrected chi connectivity index (χ2v) is 4.90. The lowest BCUT2D eigenvalue weighted by Crippen LogP contribution is -2.43. The first-order valence-corrected chi connectivity index (χ1v) is 5.62. The van der Waals surface area contributed by atoms with Crippen molar-refractivity contribution in [3.05, 3.63) is 35.6 Å². The summed E-state index contributed by atoms with van der Waals surface area (Å²) in [6, 6.07) is 5.87. The van der Waals surface area contributed by atoms with E-state index in [1.165, 1.54) is 12.1 Å². The van der Waals surface area contributed by atoms with E-state index in [1.54, 1.807) is 13.0 Å². The molecule has 3 N–H and O–H groups in total. The molecule has 1 aromatic carbocycles. The molecule has 0 heterocycles. The van der Waals surface area contributed by atoms with Crippen molar-refractivity contribution in [1.82, 2.24) is 5.32 Å². The molecule has 102 valence electrons. The first-order valence-electron chi connectivity index (χ1n) is 5.62. The summed E-state index contributed by atoms with van der Waals surface area (Å²) in [5.41, 5.74) is 5.98. The van der Waals surface area contributed by atoms with E-state index in [2.05, 4.69) is 5.32 Å². The predicted octanol–water partition coefficient (Wildman–Crippen LogP) is 1.99. The van der Waals surface area contributed by atoms with Crippen LogP contribution in [0.2, 0.25) is 0 Å². The molecule has 1 aromatic rings. The van der Waals surface area contributed by atoms with Gasteiger partial charge in [0.25, 0.3) is 0 Å². The van der Waals surface area contributed by atoms with E-state index in [0.717, 1.165) is 5.56 Å². The van der Waals surface area contributed by atoms with Gasteiger partial charge in [-0.15, -0.1) is 12.4 Å². The molecule has 5 heteroatoms. The Kier molecular flexibility index (Phi) is 6.29. The summed E-state index contributed by atoms with van der Waals surface area (Å²) in [5, 5.41) is 2.75.